The van der Waals surface area contributed by atoms with Gasteiger partial charge in [0.2, 0.25) is 5.91 Å². The zero-order valence-electron chi connectivity index (χ0n) is 13.2. The van der Waals surface area contributed by atoms with E-state index in [1.54, 1.807) is 0 Å². The molecule has 3 unspecified atom stereocenters. The molecule has 0 heterocycles. The van der Waals surface area contributed by atoms with Crippen molar-refractivity contribution < 1.29 is 4.79 Å². The van der Waals surface area contributed by atoms with Crippen LogP contribution in [0.5, 0.6) is 0 Å². The van der Waals surface area contributed by atoms with Gasteiger partial charge in [-0.1, -0.05) is 26.7 Å². The van der Waals surface area contributed by atoms with Crippen LogP contribution in [-0.4, -0.2) is 18.0 Å². The molecule has 2 saturated carbocycles. The number of carbonyl (C=O) groups is 1. The third-order valence-corrected chi connectivity index (χ3v) is 5.44. The Hall–Kier alpha value is -0.570. The van der Waals surface area contributed by atoms with E-state index in [0.29, 0.717) is 23.9 Å². The highest BCUT2D eigenvalue weighted by Gasteiger charge is 2.32. The molecule has 0 aliphatic heterocycles. The third-order valence-electron chi connectivity index (χ3n) is 5.44. The highest BCUT2D eigenvalue weighted by molar-refractivity contribution is 5.79. The average molecular weight is 280 g/mol. The normalized spacial score (nSPS) is 38.5. The minimum absolute atomic E-state index is 0.197. The van der Waals surface area contributed by atoms with E-state index in [9.17, 15) is 4.79 Å². The van der Waals surface area contributed by atoms with Gasteiger partial charge in [0.25, 0.3) is 0 Å². The Morgan fingerprint density at radius 2 is 1.85 bits per heavy atom. The Morgan fingerprint density at radius 1 is 1.15 bits per heavy atom. The van der Waals surface area contributed by atoms with Crippen LogP contribution in [0.25, 0.3) is 0 Å². The lowest BCUT2D eigenvalue weighted by atomic mass is 9.77. The van der Waals surface area contributed by atoms with Gasteiger partial charge in [-0.05, 0) is 56.8 Å². The zero-order valence-corrected chi connectivity index (χ0v) is 13.2. The van der Waals surface area contributed by atoms with Crippen LogP contribution in [0.15, 0.2) is 0 Å². The Bertz CT molecular complexity index is 310. The lowest BCUT2D eigenvalue weighted by Gasteiger charge is -2.34. The smallest absolute Gasteiger partial charge is 0.223 e. The Kier molecular flexibility index (Phi) is 5.88. The van der Waals surface area contributed by atoms with E-state index in [0.717, 1.165) is 25.2 Å². The fraction of sp³-hybridized carbons (Fsp3) is 0.941. The van der Waals surface area contributed by atoms with Crippen molar-refractivity contribution in [1.29, 1.82) is 0 Å². The van der Waals surface area contributed by atoms with Gasteiger partial charge in [-0.25, -0.2) is 0 Å². The first-order valence-corrected chi connectivity index (χ1v) is 8.66. The summed E-state index contributed by atoms with van der Waals surface area (Å²) in [7, 11) is 0. The van der Waals surface area contributed by atoms with Gasteiger partial charge in [-0.3, -0.25) is 4.79 Å². The molecule has 0 bridgehead atoms. The fourth-order valence-corrected chi connectivity index (χ4v) is 4.14. The second-order valence-corrected chi connectivity index (χ2v) is 7.17. The monoisotopic (exact) mass is 280 g/mol. The van der Waals surface area contributed by atoms with Gasteiger partial charge >= 0.3 is 0 Å². The number of rotatable bonds is 4. The van der Waals surface area contributed by atoms with Crippen LogP contribution in [0.2, 0.25) is 0 Å². The van der Waals surface area contributed by atoms with Crippen LogP contribution >= 0.6 is 0 Å². The molecule has 0 aromatic rings. The molecular weight excluding hydrogens is 248 g/mol. The van der Waals surface area contributed by atoms with Crippen LogP contribution in [0.4, 0.5) is 0 Å². The van der Waals surface area contributed by atoms with Crippen LogP contribution in [0.1, 0.15) is 71.6 Å². The van der Waals surface area contributed by atoms with Crippen molar-refractivity contribution in [2.24, 2.45) is 23.5 Å². The molecule has 116 valence electrons. The lowest BCUT2D eigenvalue weighted by Crippen LogP contribution is -2.45. The molecule has 2 aliphatic rings. The molecule has 3 atom stereocenters. The van der Waals surface area contributed by atoms with Crippen LogP contribution in [0.3, 0.4) is 0 Å². The predicted octanol–water partition coefficient (Wildman–Crippen LogP) is 3.23. The quantitative estimate of drug-likeness (QED) is 0.830. The summed E-state index contributed by atoms with van der Waals surface area (Å²) in [4.78, 5) is 12.4. The minimum atomic E-state index is 0.197. The van der Waals surface area contributed by atoms with E-state index in [4.69, 9.17) is 5.73 Å². The van der Waals surface area contributed by atoms with Gasteiger partial charge < -0.3 is 11.1 Å². The van der Waals surface area contributed by atoms with Crippen LogP contribution < -0.4 is 11.1 Å². The molecule has 0 radical (unpaired) electrons. The van der Waals surface area contributed by atoms with Crippen molar-refractivity contribution in [2.45, 2.75) is 83.7 Å². The molecule has 1 amide bonds. The first kappa shape index (κ1) is 15.8. The van der Waals surface area contributed by atoms with Gasteiger partial charge in [0.05, 0.1) is 0 Å². The minimum Gasteiger partial charge on any atom is -0.353 e. The summed E-state index contributed by atoms with van der Waals surface area (Å²) in [6.07, 6.45) is 10.6. The van der Waals surface area contributed by atoms with Crippen LogP contribution in [0, 0.1) is 17.8 Å². The maximum Gasteiger partial charge on any atom is 0.223 e. The molecule has 20 heavy (non-hydrogen) atoms. The largest absolute Gasteiger partial charge is 0.353 e. The van der Waals surface area contributed by atoms with E-state index >= 15 is 0 Å². The maximum atomic E-state index is 12.4. The van der Waals surface area contributed by atoms with Gasteiger partial charge in [-0.2, -0.15) is 0 Å². The Labute approximate surface area is 124 Å². The van der Waals surface area contributed by atoms with E-state index in [-0.39, 0.29) is 5.92 Å². The number of hydrogen-bond acceptors (Lipinski definition) is 2. The highest BCUT2D eigenvalue weighted by Crippen LogP contribution is 2.31. The summed E-state index contributed by atoms with van der Waals surface area (Å²) in [5.74, 6) is 1.83. The first-order valence-electron chi connectivity index (χ1n) is 8.66. The lowest BCUT2D eigenvalue weighted by molar-refractivity contribution is -0.128. The summed E-state index contributed by atoms with van der Waals surface area (Å²) in [6.45, 7) is 4.45. The molecule has 3 heteroatoms. The predicted molar refractivity (Wildman–Crippen MR) is 83.3 cm³/mol. The number of nitrogens with one attached hydrogen (secondary N) is 1. The van der Waals surface area contributed by atoms with E-state index < -0.39 is 0 Å². The van der Waals surface area contributed by atoms with E-state index in [1.165, 1.54) is 38.5 Å². The van der Waals surface area contributed by atoms with E-state index in [1.807, 2.05) is 0 Å². The van der Waals surface area contributed by atoms with Crippen molar-refractivity contribution in [2.75, 3.05) is 0 Å². The number of hydrogen-bond donors (Lipinski definition) is 2. The van der Waals surface area contributed by atoms with Crippen molar-refractivity contribution in [1.82, 2.24) is 5.32 Å². The zero-order chi connectivity index (χ0) is 14.5. The van der Waals surface area contributed by atoms with Crippen molar-refractivity contribution >= 4 is 5.91 Å². The summed E-state index contributed by atoms with van der Waals surface area (Å²) >= 11 is 0. The average Bonchev–Trinajstić information content (AvgIpc) is 2.41. The Balaban J connectivity index is 1.75. The third kappa shape index (κ3) is 4.21. The Morgan fingerprint density at radius 3 is 2.45 bits per heavy atom. The topological polar surface area (TPSA) is 55.1 Å². The first-order chi connectivity index (χ1) is 9.60. The molecule has 3 nitrogen and oxygen atoms in total. The standard InChI is InChI=1S/C17H32N2O/c1-3-4-13-5-8-15(9-6-13)19-17(20)16-10-7-14(18)11-12(16)2/h12-16H,3-11,18H2,1-2H3,(H,19,20). The molecule has 0 aromatic heterocycles. The highest BCUT2D eigenvalue weighted by atomic mass is 16.1. The van der Waals surface area contributed by atoms with Crippen molar-refractivity contribution in [3.8, 4) is 0 Å². The van der Waals surface area contributed by atoms with Gasteiger partial charge in [-0.15, -0.1) is 0 Å². The summed E-state index contributed by atoms with van der Waals surface area (Å²) in [6, 6.07) is 0.733. The van der Waals surface area contributed by atoms with Gasteiger partial charge in [0.1, 0.15) is 0 Å². The van der Waals surface area contributed by atoms with Gasteiger partial charge in [0.15, 0.2) is 0 Å². The summed E-state index contributed by atoms with van der Waals surface area (Å²) in [5.41, 5.74) is 5.98. The summed E-state index contributed by atoms with van der Waals surface area (Å²) < 4.78 is 0. The summed E-state index contributed by atoms with van der Waals surface area (Å²) in [5, 5.41) is 3.32. The molecule has 0 saturated heterocycles. The second kappa shape index (κ2) is 7.44. The van der Waals surface area contributed by atoms with Crippen molar-refractivity contribution in [3.63, 3.8) is 0 Å². The molecule has 2 rings (SSSR count). The maximum absolute atomic E-state index is 12.4. The molecule has 2 fully saturated rings. The number of nitrogens with two attached hydrogens (primary N) is 1. The number of amides is 1. The fourth-order valence-electron chi connectivity index (χ4n) is 4.14. The van der Waals surface area contributed by atoms with Crippen molar-refractivity contribution in [3.05, 3.63) is 0 Å². The molecule has 0 aromatic carbocycles. The number of carbonyl (C=O) groups excluding carboxylic acids is 1. The second-order valence-electron chi connectivity index (χ2n) is 7.17. The molecule has 2 aliphatic carbocycles. The van der Waals surface area contributed by atoms with Crippen LogP contribution in [-0.2, 0) is 4.79 Å². The molecular formula is C17H32N2O. The molecule has 3 N–H and O–H groups in total. The van der Waals surface area contributed by atoms with E-state index in [2.05, 4.69) is 19.2 Å². The SMILES string of the molecule is CCCC1CCC(NC(=O)C2CCC(N)CC2C)CC1. The van der Waals surface area contributed by atoms with Gasteiger partial charge in [0, 0.05) is 18.0 Å². The molecule has 0 spiro atoms.